The zero-order valence-corrected chi connectivity index (χ0v) is 13.6. The van der Waals surface area contributed by atoms with E-state index in [1.807, 2.05) is 23.6 Å². The minimum atomic E-state index is -0.703. The van der Waals surface area contributed by atoms with Crippen molar-refractivity contribution in [2.24, 2.45) is 5.73 Å². The highest BCUT2D eigenvalue weighted by Crippen LogP contribution is 2.26. The molecule has 0 atom stereocenters. The van der Waals surface area contributed by atoms with E-state index >= 15 is 0 Å². The molecule has 5 N–H and O–H groups in total. The number of nitrogens with one attached hydrogen (secondary N) is 3. The second-order valence-corrected chi connectivity index (χ2v) is 6.16. The Morgan fingerprint density at radius 3 is 2.84 bits per heavy atom. The number of nitrogens with two attached hydrogens (primary N) is 1. The molecule has 3 aromatic heterocycles. The highest BCUT2D eigenvalue weighted by atomic mass is 32.1. The highest BCUT2D eigenvalue weighted by Gasteiger charge is 2.18. The van der Waals surface area contributed by atoms with Crippen LogP contribution in [0.3, 0.4) is 0 Å². The van der Waals surface area contributed by atoms with E-state index < -0.39 is 11.8 Å². The summed E-state index contributed by atoms with van der Waals surface area (Å²) >= 11 is 1.55. The molecule has 0 fully saturated rings. The molecule has 0 aliphatic carbocycles. The molecule has 0 saturated carbocycles. The number of hydrogen-bond donors (Lipinski definition) is 4. The number of carbonyl (C=O) groups is 2. The standard InChI is InChI=1S/C16H12N6O2S/c17-13(23)12-15(19-7-18-12)22-16(24)8-3-1-4-9-11(8)21-14(20-9)10-5-2-6-25-10/h1-7H,(H2,17,23)(H,18,19)(H,20,21)(H,22,24). The molecule has 0 radical (unpaired) electrons. The fraction of sp³-hybridized carbons (Fsp3) is 0. The van der Waals surface area contributed by atoms with Crippen LogP contribution in [0.1, 0.15) is 20.8 Å². The maximum Gasteiger partial charge on any atom is 0.269 e. The van der Waals surface area contributed by atoms with Gasteiger partial charge in [0.1, 0.15) is 17.0 Å². The lowest BCUT2D eigenvalue weighted by atomic mass is 10.1. The molecule has 8 nitrogen and oxygen atoms in total. The number of primary amides is 1. The number of amides is 2. The third kappa shape index (κ3) is 2.66. The van der Waals surface area contributed by atoms with Gasteiger partial charge >= 0.3 is 0 Å². The van der Waals surface area contributed by atoms with E-state index in [-0.39, 0.29) is 11.5 Å². The van der Waals surface area contributed by atoms with E-state index in [0.29, 0.717) is 16.9 Å². The number of imidazole rings is 2. The van der Waals surface area contributed by atoms with Crippen LogP contribution in [-0.4, -0.2) is 31.8 Å². The van der Waals surface area contributed by atoms with Crippen LogP contribution >= 0.6 is 11.3 Å². The molecule has 0 aliphatic heterocycles. The van der Waals surface area contributed by atoms with Gasteiger partial charge in [-0.25, -0.2) is 9.97 Å². The van der Waals surface area contributed by atoms with Crippen molar-refractivity contribution in [1.29, 1.82) is 0 Å². The number of aromatic nitrogens is 4. The van der Waals surface area contributed by atoms with Crippen LogP contribution in [0.5, 0.6) is 0 Å². The summed E-state index contributed by atoms with van der Waals surface area (Å²) in [5.41, 5.74) is 6.94. The molecule has 1 aromatic carbocycles. The van der Waals surface area contributed by atoms with Crippen LogP contribution in [0.15, 0.2) is 42.0 Å². The Balaban J connectivity index is 1.72. The summed E-state index contributed by atoms with van der Waals surface area (Å²) < 4.78 is 0. The average molecular weight is 352 g/mol. The fourth-order valence-electron chi connectivity index (χ4n) is 2.50. The molecular formula is C16H12N6O2S. The number of fused-ring (bicyclic) bond motifs is 1. The van der Waals surface area contributed by atoms with Gasteiger partial charge in [-0.2, -0.15) is 0 Å². The number of para-hydroxylation sites is 1. The number of anilines is 1. The zero-order chi connectivity index (χ0) is 17.4. The molecule has 0 saturated heterocycles. The van der Waals surface area contributed by atoms with E-state index in [2.05, 4.69) is 25.3 Å². The third-order valence-corrected chi connectivity index (χ3v) is 4.51. The average Bonchev–Trinajstić information content (AvgIpc) is 3.33. The van der Waals surface area contributed by atoms with Crippen molar-refractivity contribution in [3.05, 3.63) is 53.3 Å². The van der Waals surface area contributed by atoms with Gasteiger partial charge in [0.25, 0.3) is 11.8 Å². The van der Waals surface area contributed by atoms with Gasteiger partial charge in [-0.15, -0.1) is 11.3 Å². The molecule has 0 unspecified atom stereocenters. The smallest absolute Gasteiger partial charge is 0.269 e. The van der Waals surface area contributed by atoms with Crippen molar-refractivity contribution in [3.8, 4) is 10.7 Å². The number of H-pyrrole nitrogens is 2. The van der Waals surface area contributed by atoms with Gasteiger partial charge in [0.15, 0.2) is 5.82 Å². The van der Waals surface area contributed by atoms with Gasteiger partial charge in [-0.05, 0) is 23.6 Å². The Labute approximate surface area is 145 Å². The molecule has 0 bridgehead atoms. The first-order valence-corrected chi connectivity index (χ1v) is 8.18. The summed E-state index contributed by atoms with van der Waals surface area (Å²) in [6.07, 6.45) is 1.29. The first-order valence-electron chi connectivity index (χ1n) is 7.30. The Bertz CT molecular complexity index is 1080. The summed E-state index contributed by atoms with van der Waals surface area (Å²) in [4.78, 5) is 39.2. The number of aromatic amines is 2. The summed E-state index contributed by atoms with van der Waals surface area (Å²) in [6.45, 7) is 0. The van der Waals surface area contributed by atoms with Crippen molar-refractivity contribution in [2.45, 2.75) is 0 Å². The topological polar surface area (TPSA) is 130 Å². The maximum atomic E-state index is 12.6. The predicted octanol–water partition coefficient (Wildman–Crippen LogP) is 2.37. The largest absolute Gasteiger partial charge is 0.364 e. The molecule has 0 spiro atoms. The Hall–Kier alpha value is -3.46. The van der Waals surface area contributed by atoms with E-state index in [1.165, 1.54) is 6.33 Å². The Morgan fingerprint density at radius 2 is 2.08 bits per heavy atom. The van der Waals surface area contributed by atoms with E-state index in [1.54, 1.807) is 23.5 Å². The van der Waals surface area contributed by atoms with Gasteiger partial charge < -0.3 is 21.0 Å². The molecular weight excluding hydrogens is 340 g/mol. The first-order chi connectivity index (χ1) is 12.1. The number of nitrogens with zero attached hydrogens (tertiary/aromatic N) is 2. The lowest BCUT2D eigenvalue weighted by Gasteiger charge is -2.04. The van der Waals surface area contributed by atoms with Crippen LogP contribution in [0, 0.1) is 0 Å². The second kappa shape index (κ2) is 5.87. The van der Waals surface area contributed by atoms with Crippen molar-refractivity contribution in [2.75, 3.05) is 5.32 Å². The molecule has 4 aromatic rings. The zero-order valence-electron chi connectivity index (χ0n) is 12.7. The predicted molar refractivity (Wildman–Crippen MR) is 94.5 cm³/mol. The van der Waals surface area contributed by atoms with Crippen LogP contribution in [0.25, 0.3) is 21.7 Å². The fourth-order valence-corrected chi connectivity index (χ4v) is 3.17. The van der Waals surface area contributed by atoms with Gasteiger partial charge in [0.05, 0.1) is 22.3 Å². The first kappa shape index (κ1) is 15.1. The third-order valence-electron chi connectivity index (χ3n) is 3.63. The van der Waals surface area contributed by atoms with Crippen LogP contribution < -0.4 is 11.1 Å². The van der Waals surface area contributed by atoms with Crippen LogP contribution in [-0.2, 0) is 0 Å². The van der Waals surface area contributed by atoms with Gasteiger partial charge in [0, 0.05) is 0 Å². The Kier molecular flexibility index (Phi) is 3.55. The quantitative estimate of drug-likeness (QED) is 0.449. The second-order valence-electron chi connectivity index (χ2n) is 5.21. The Morgan fingerprint density at radius 1 is 1.20 bits per heavy atom. The van der Waals surface area contributed by atoms with Gasteiger partial charge in [-0.3, -0.25) is 9.59 Å². The van der Waals surface area contributed by atoms with Crippen molar-refractivity contribution >= 4 is 40.0 Å². The minimum Gasteiger partial charge on any atom is -0.364 e. The lowest BCUT2D eigenvalue weighted by Crippen LogP contribution is -2.18. The minimum absolute atomic E-state index is 0.0434. The molecule has 25 heavy (non-hydrogen) atoms. The number of carbonyl (C=O) groups excluding carboxylic acids is 2. The molecule has 4 rings (SSSR count). The molecule has 9 heteroatoms. The number of benzene rings is 1. The van der Waals surface area contributed by atoms with Crippen LogP contribution in [0.4, 0.5) is 5.82 Å². The van der Waals surface area contributed by atoms with Crippen molar-refractivity contribution in [3.63, 3.8) is 0 Å². The van der Waals surface area contributed by atoms with Crippen molar-refractivity contribution in [1.82, 2.24) is 19.9 Å². The van der Waals surface area contributed by atoms with Gasteiger partial charge in [0.2, 0.25) is 0 Å². The van der Waals surface area contributed by atoms with Crippen molar-refractivity contribution < 1.29 is 9.59 Å². The maximum absolute atomic E-state index is 12.6. The SMILES string of the molecule is NC(=O)c1[nH]cnc1NC(=O)c1cccc2[nH]c(-c3cccs3)nc12. The summed E-state index contributed by atoms with van der Waals surface area (Å²) in [5.74, 6) is -0.346. The summed E-state index contributed by atoms with van der Waals surface area (Å²) in [7, 11) is 0. The van der Waals surface area contributed by atoms with Crippen LogP contribution in [0.2, 0.25) is 0 Å². The van der Waals surface area contributed by atoms with Gasteiger partial charge in [-0.1, -0.05) is 12.1 Å². The molecule has 2 amide bonds. The number of hydrogen-bond acceptors (Lipinski definition) is 5. The molecule has 3 heterocycles. The number of thiophene rings is 1. The number of rotatable bonds is 4. The monoisotopic (exact) mass is 352 g/mol. The van der Waals surface area contributed by atoms with E-state index in [4.69, 9.17) is 5.73 Å². The van der Waals surface area contributed by atoms with E-state index in [0.717, 1.165) is 10.4 Å². The normalized spacial score (nSPS) is 10.9. The molecule has 0 aliphatic rings. The molecule has 124 valence electrons. The summed E-state index contributed by atoms with van der Waals surface area (Å²) in [5, 5.41) is 4.55. The lowest BCUT2D eigenvalue weighted by molar-refractivity contribution is 0.0997. The highest BCUT2D eigenvalue weighted by molar-refractivity contribution is 7.13. The summed E-state index contributed by atoms with van der Waals surface area (Å²) in [6, 6.07) is 9.15. The van der Waals surface area contributed by atoms with E-state index in [9.17, 15) is 9.59 Å².